The maximum Gasteiger partial charge on any atom is 0.255 e. The van der Waals surface area contributed by atoms with E-state index in [-0.39, 0.29) is 5.91 Å². The Morgan fingerprint density at radius 1 is 1.05 bits per heavy atom. The zero-order valence-corrected chi connectivity index (χ0v) is 13.4. The number of methoxy groups -OCH3 is 2. The van der Waals surface area contributed by atoms with Gasteiger partial charge in [0.25, 0.3) is 5.91 Å². The van der Waals surface area contributed by atoms with Crippen LogP contribution in [-0.2, 0) is 10.8 Å². The van der Waals surface area contributed by atoms with E-state index in [2.05, 4.69) is 5.32 Å². The van der Waals surface area contributed by atoms with Crippen molar-refractivity contribution >= 4 is 22.4 Å². The van der Waals surface area contributed by atoms with Crippen LogP contribution in [0.3, 0.4) is 0 Å². The standard InChI is InChI=1S/C16H17NO4S/c1-20-12-6-9-14(15(10-12)21-2)17-16(18)11-4-7-13(8-5-11)22(3)19/h4-10H,1-3H3,(H,17,18). The molecule has 6 heteroatoms. The van der Waals surface area contributed by atoms with Crippen LogP contribution in [0.15, 0.2) is 47.4 Å². The minimum atomic E-state index is -1.06. The highest BCUT2D eigenvalue weighted by molar-refractivity contribution is 7.84. The lowest BCUT2D eigenvalue weighted by molar-refractivity contribution is 0.102. The van der Waals surface area contributed by atoms with Gasteiger partial charge in [0.05, 0.1) is 19.9 Å². The van der Waals surface area contributed by atoms with E-state index >= 15 is 0 Å². The fourth-order valence-corrected chi connectivity index (χ4v) is 2.41. The van der Waals surface area contributed by atoms with E-state index in [1.807, 2.05) is 0 Å². The van der Waals surface area contributed by atoms with Crippen molar-refractivity contribution in [1.29, 1.82) is 0 Å². The first-order chi connectivity index (χ1) is 10.5. The van der Waals surface area contributed by atoms with Crippen LogP contribution in [0.1, 0.15) is 10.4 Å². The van der Waals surface area contributed by atoms with Crippen molar-refractivity contribution in [1.82, 2.24) is 0 Å². The summed E-state index contributed by atoms with van der Waals surface area (Å²) in [6.45, 7) is 0. The quantitative estimate of drug-likeness (QED) is 0.920. The van der Waals surface area contributed by atoms with Gasteiger partial charge in [-0.1, -0.05) is 0 Å². The number of benzene rings is 2. The summed E-state index contributed by atoms with van der Waals surface area (Å²) in [4.78, 5) is 12.9. The number of rotatable bonds is 5. The Hall–Kier alpha value is -2.34. The number of carbonyl (C=O) groups excluding carboxylic acids is 1. The van der Waals surface area contributed by atoms with E-state index in [4.69, 9.17) is 9.47 Å². The lowest BCUT2D eigenvalue weighted by atomic mass is 10.2. The number of anilines is 1. The monoisotopic (exact) mass is 319 g/mol. The first-order valence-corrected chi connectivity index (χ1v) is 8.08. The third-order valence-electron chi connectivity index (χ3n) is 3.11. The van der Waals surface area contributed by atoms with Crippen LogP contribution >= 0.6 is 0 Å². The third-order valence-corrected chi connectivity index (χ3v) is 4.04. The van der Waals surface area contributed by atoms with E-state index < -0.39 is 10.8 Å². The number of nitrogens with one attached hydrogen (secondary N) is 1. The van der Waals surface area contributed by atoms with Gasteiger partial charge in [0.2, 0.25) is 0 Å². The summed E-state index contributed by atoms with van der Waals surface area (Å²) in [6, 6.07) is 11.8. The van der Waals surface area contributed by atoms with E-state index in [1.165, 1.54) is 7.11 Å². The minimum Gasteiger partial charge on any atom is -0.497 e. The molecule has 0 aliphatic rings. The van der Waals surface area contributed by atoms with Gasteiger partial charge in [-0.05, 0) is 36.4 Å². The summed E-state index contributed by atoms with van der Waals surface area (Å²) in [7, 11) is 2.02. The highest BCUT2D eigenvalue weighted by Crippen LogP contribution is 2.29. The highest BCUT2D eigenvalue weighted by Gasteiger charge is 2.11. The first-order valence-electron chi connectivity index (χ1n) is 6.52. The van der Waals surface area contributed by atoms with Crippen LogP contribution in [0.5, 0.6) is 11.5 Å². The van der Waals surface area contributed by atoms with Gasteiger partial charge >= 0.3 is 0 Å². The van der Waals surface area contributed by atoms with Gasteiger partial charge in [-0.2, -0.15) is 0 Å². The minimum absolute atomic E-state index is 0.267. The summed E-state index contributed by atoms with van der Waals surface area (Å²) in [6.07, 6.45) is 1.59. The molecule has 0 fully saturated rings. The molecule has 0 bridgehead atoms. The third kappa shape index (κ3) is 3.65. The van der Waals surface area contributed by atoms with Gasteiger partial charge in [0.1, 0.15) is 11.5 Å². The van der Waals surface area contributed by atoms with Crippen LogP contribution < -0.4 is 14.8 Å². The van der Waals surface area contributed by atoms with E-state index in [9.17, 15) is 9.00 Å². The summed E-state index contributed by atoms with van der Waals surface area (Å²) in [5.74, 6) is 0.889. The molecule has 116 valence electrons. The molecule has 1 atom stereocenters. The van der Waals surface area contributed by atoms with Gasteiger partial charge in [-0.3, -0.25) is 9.00 Å². The number of hydrogen-bond acceptors (Lipinski definition) is 4. The summed E-state index contributed by atoms with van der Waals surface area (Å²) < 4.78 is 21.7. The van der Waals surface area contributed by atoms with Gasteiger partial charge in [-0.25, -0.2) is 0 Å². The topological polar surface area (TPSA) is 64.6 Å². The Bertz CT molecular complexity index is 698. The average molecular weight is 319 g/mol. The van der Waals surface area contributed by atoms with Crippen LogP contribution in [-0.4, -0.2) is 30.6 Å². The molecule has 0 aliphatic heterocycles. The Balaban J connectivity index is 2.19. The lowest BCUT2D eigenvalue weighted by Crippen LogP contribution is -2.12. The molecule has 2 rings (SSSR count). The molecule has 0 aliphatic carbocycles. The molecule has 2 aromatic rings. The van der Waals surface area contributed by atoms with Gasteiger partial charge in [-0.15, -0.1) is 0 Å². The fourth-order valence-electron chi connectivity index (χ4n) is 1.89. The molecule has 0 radical (unpaired) electrons. The Kier molecular flexibility index (Phi) is 5.16. The largest absolute Gasteiger partial charge is 0.497 e. The fraction of sp³-hybridized carbons (Fsp3) is 0.188. The van der Waals surface area contributed by atoms with Crippen molar-refractivity contribution in [2.75, 3.05) is 25.8 Å². The molecule has 1 unspecified atom stereocenters. The summed E-state index contributed by atoms with van der Waals surface area (Å²) in [5.41, 5.74) is 1.03. The predicted molar refractivity (Wildman–Crippen MR) is 86.3 cm³/mol. The molecular formula is C16H17NO4S. The second kappa shape index (κ2) is 7.09. The van der Waals surface area contributed by atoms with Crippen LogP contribution in [0.2, 0.25) is 0 Å². The first kappa shape index (κ1) is 16.0. The van der Waals surface area contributed by atoms with Gasteiger partial charge in [0.15, 0.2) is 0 Å². The summed E-state index contributed by atoms with van der Waals surface area (Å²) >= 11 is 0. The normalized spacial score (nSPS) is 11.6. The number of amides is 1. The maximum atomic E-state index is 12.2. The zero-order valence-electron chi connectivity index (χ0n) is 12.6. The molecule has 22 heavy (non-hydrogen) atoms. The molecule has 1 amide bonds. The molecule has 2 aromatic carbocycles. The Morgan fingerprint density at radius 3 is 2.27 bits per heavy atom. The molecule has 0 saturated heterocycles. The van der Waals surface area contributed by atoms with Crippen molar-refractivity contribution in [2.24, 2.45) is 0 Å². The van der Waals surface area contributed by atoms with Gasteiger partial charge < -0.3 is 14.8 Å². The smallest absolute Gasteiger partial charge is 0.255 e. The van der Waals surface area contributed by atoms with E-state index in [0.29, 0.717) is 27.6 Å². The second-order valence-corrected chi connectivity index (χ2v) is 5.88. The van der Waals surface area contributed by atoms with E-state index in [0.717, 1.165) is 0 Å². The highest BCUT2D eigenvalue weighted by atomic mass is 32.2. The number of hydrogen-bond donors (Lipinski definition) is 1. The van der Waals surface area contributed by atoms with Gasteiger partial charge in [0, 0.05) is 33.6 Å². The summed E-state index contributed by atoms with van der Waals surface area (Å²) in [5, 5.41) is 2.78. The zero-order chi connectivity index (χ0) is 16.1. The Labute approximate surface area is 131 Å². The molecule has 0 spiro atoms. The maximum absolute atomic E-state index is 12.2. The average Bonchev–Trinajstić information content (AvgIpc) is 2.55. The van der Waals surface area contributed by atoms with Crippen molar-refractivity contribution in [3.8, 4) is 11.5 Å². The van der Waals surface area contributed by atoms with Crippen LogP contribution in [0.4, 0.5) is 5.69 Å². The number of ether oxygens (including phenoxy) is 2. The van der Waals surface area contributed by atoms with Crippen molar-refractivity contribution in [3.05, 3.63) is 48.0 Å². The second-order valence-electron chi connectivity index (χ2n) is 4.50. The molecule has 5 nitrogen and oxygen atoms in total. The van der Waals surface area contributed by atoms with Crippen LogP contribution in [0, 0.1) is 0 Å². The van der Waals surface area contributed by atoms with Crippen molar-refractivity contribution in [2.45, 2.75) is 4.90 Å². The van der Waals surface area contributed by atoms with Crippen molar-refractivity contribution in [3.63, 3.8) is 0 Å². The van der Waals surface area contributed by atoms with Crippen LogP contribution in [0.25, 0.3) is 0 Å². The molecule has 0 aromatic heterocycles. The molecule has 1 N–H and O–H groups in total. The SMILES string of the molecule is COc1ccc(NC(=O)c2ccc(S(C)=O)cc2)c(OC)c1. The molecule has 0 heterocycles. The Morgan fingerprint density at radius 2 is 1.73 bits per heavy atom. The van der Waals surface area contributed by atoms with Crippen molar-refractivity contribution < 1.29 is 18.5 Å². The number of carbonyl (C=O) groups is 1. The molecule has 0 saturated carbocycles. The van der Waals surface area contributed by atoms with E-state index in [1.54, 1.807) is 55.8 Å². The lowest BCUT2D eigenvalue weighted by Gasteiger charge is -2.11. The molecular weight excluding hydrogens is 302 g/mol. The predicted octanol–water partition coefficient (Wildman–Crippen LogP) is 2.69.